The molecule has 0 aliphatic heterocycles. The van der Waals surface area contributed by atoms with Crippen molar-refractivity contribution in [3.05, 3.63) is 102 Å². The summed E-state index contributed by atoms with van der Waals surface area (Å²) in [7, 11) is -3.62. The minimum Gasteiger partial charge on any atom is -0.396 e. The average Bonchev–Trinajstić information content (AvgIpc) is 2.81. The van der Waals surface area contributed by atoms with Crippen molar-refractivity contribution in [2.45, 2.75) is 50.3 Å². The third-order valence-electron chi connectivity index (χ3n) is 4.97. The number of benzene rings is 3. The molecule has 1 N–H and O–H groups in total. The van der Waals surface area contributed by atoms with E-state index in [1.165, 1.54) is 11.1 Å². The summed E-state index contributed by atoms with van der Waals surface area (Å²) < 4.78 is 29.0. The van der Waals surface area contributed by atoms with Gasteiger partial charge in [-0.25, -0.2) is 0 Å². The van der Waals surface area contributed by atoms with Crippen molar-refractivity contribution in [1.29, 1.82) is 0 Å². The fourth-order valence-corrected chi connectivity index (χ4v) is 4.05. The van der Waals surface area contributed by atoms with Gasteiger partial charge in [-0.05, 0) is 68.7 Å². The van der Waals surface area contributed by atoms with Crippen molar-refractivity contribution in [1.82, 2.24) is 0 Å². The molecule has 3 aromatic carbocycles. The van der Waals surface area contributed by atoms with Gasteiger partial charge in [-0.15, -0.1) is 0 Å². The standard InChI is InChI=1S/C17H20O3S.C10H14O/c1-15-10-12-17(13-11-15)21(18,19)20-14-6-5-9-16-7-3-2-4-8-16;11-9-5-4-8-10-6-2-1-3-7-10/h2-4,7-8,10-13H,5-6,9,14H2,1H3;1-3,6-7,11H,4-5,8-9H2. The summed E-state index contributed by atoms with van der Waals surface area (Å²) in [6.07, 6.45) is 5.65. The fourth-order valence-electron chi connectivity index (χ4n) is 3.10. The highest BCUT2D eigenvalue weighted by Gasteiger charge is 2.14. The fraction of sp³-hybridized carbons (Fsp3) is 0.333. The first kappa shape index (κ1) is 25.8. The number of unbranched alkanes of at least 4 members (excludes halogenated alkanes) is 2. The van der Waals surface area contributed by atoms with E-state index in [2.05, 4.69) is 24.3 Å². The van der Waals surface area contributed by atoms with Crippen molar-refractivity contribution >= 4 is 10.1 Å². The van der Waals surface area contributed by atoms with Crippen LogP contribution in [-0.2, 0) is 27.1 Å². The molecule has 0 bridgehead atoms. The van der Waals surface area contributed by atoms with Gasteiger partial charge in [-0.3, -0.25) is 4.18 Å². The molecule has 0 saturated heterocycles. The Kier molecular flexibility index (Phi) is 11.7. The lowest BCUT2D eigenvalue weighted by atomic mass is 10.1. The molecule has 0 aliphatic rings. The van der Waals surface area contributed by atoms with Crippen molar-refractivity contribution in [2.24, 2.45) is 0 Å². The van der Waals surface area contributed by atoms with Crippen LogP contribution < -0.4 is 0 Å². The molecule has 0 unspecified atom stereocenters. The number of aliphatic hydroxyl groups is 1. The van der Waals surface area contributed by atoms with Gasteiger partial charge in [0.15, 0.2) is 0 Å². The molecule has 0 radical (unpaired) electrons. The smallest absolute Gasteiger partial charge is 0.296 e. The summed E-state index contributed by atoms with van der Waals surface area (Å²) in [6, 6.07) is 27.2. The van der Waals surface area contributed by atoms with Crippen molar-refractivity contribution in [3.8, 4) is 0 Å². The molecule has 0 heterocycles. The maximum absolute atomic E-state index is 12.0. The van der Waals surface area contributed by atoms with Gasteiger partial charge in [-0.2, -0.15) is 8.42 Å². The second-order valence-corrected chi connectivity index (χ2v) is 9.31. The second-order valence-electron chi connectivity index (χ2n) is 7.70. The lowest BCUT2D eigenvalue weighted by Gasteiger charge is -2.06. The van der Waals surface area contributed by atoms with Crippen LogP contribution in [0.3, 0.4) is 0 Å². The first-order valence-corrected chi connectivity index (χ1v) is 12.6. The minimum absolute atomic E-state index is 0.219. The number of hydrogen-bond donors (Lipinski definition) is 1. The molecular weight excluding hydrogens is 420 g/mol. The second kappa shape index (κ2) is 14.6. The molecule has 32 heavy (non-hydrogen) atoms. The van der Waals surface area contributed by atoms with Crippen LogP contribution in [0.2, 0.25) is 0 Å². The molecule has 3 rings (SSSR count). The normalized spacial score (nSPS) is 10.9. The lowest BCUT2D eigenvalue weighted by Crippen LogP contribution is -2.07. The number of rotatable bonds is 11. The third-order valence-corrected chi connectivity index (χ3v) is 6.29. The van der Waals surface area contributed by atoms with Gasteiger partial charge in [0.05, 0.1) is 11.5 Å². The summed E-state index contributed by atoms with van der Waals surface area (Å²) in [5, 5.41) is 8.54. The Hall–Kier alpha value is -2.47. The van der Waals surface area contributed by atoms with Crippen LogP contribution in [0.15, 0.2) is 89.8 Å². The Morgan fingerprint density at radius 2 is 1.19 bits per heavy atom. The van der Waals surface area contributed by atoms with E-state index in [0.29, 0.717) is 6.61 Å². The molecule has 172 valence electrons. The summed E-state index contributed by atoms with van der Waals surface area (Å²) in [6.45, 7) is 2.46. The number of aliphatic hydroxyl groups excluding tert-OH is 1. The Morgan fingerprint density at radius 1 is 0.688 bits per heavy atom. The molecule has 0 atom stereocenters. The lowest BCUT2D eigenvalue weighted by molar-refractivity contribution is 0.284. The molecule has 0 amide bonds. The zero-order chi connectivity index (χ0) is 23.1. The monoisotopic (exact) mass is 454 g/mol. The third kappa shape index (κ3) is 10.2. The topological polar surface area (TPSA) is 63.6 Å². The Balaban J connectivity index is 0.000000278. The van der Waals surface area contributed by atoms with Crippen LogP contribution in [0.4, 0.5) is 0 Å². The largest absolute Gasteiger partial charge is 0.396 e. The van der Waals surface area contributed by atoms with E-state index in [4.69, 9.17) is 9.29 Å². The van der Waals surface area contributed by atoms with E-state index in [1.54, 1.807) is 24.3 Å². The molecule has 0 aliphatic carbocycles. The van der Waals surface area contributed by atoms with Crippen molar-refractivity contribution in [2.75, 3.05) is 13.2 Å². The zero-order valence-electron chi connectivity index (χ0n) is 18.8. The first-order chi connectivity index (χ1) is 15.5. The molecule has 3 aromatic rings. The van der Waals surface area contributed by atoms with Gasteiger partial charge < -0.3 is 5.11 Å². The van der Waals surface area contributed by atoms with E-state index in [1.807, 2.05) is 43.3 Å². The van der Waals surface area contributed by atoms with Gasteiger partial charge in [0.25, 0.3) is 10.1 Å². The predicted molar refractivity (Wildman–Crippen MR) is 130 cm³/mol. The van der Waals surface area contributed by atoms with E-state index < -0.39 is 10.1 Å². The Bertz CT molecular complexity index is 969. The van der Waals surface area contributed by atoms with E-state index in [9.17, 15) is 8.42 Å². The molecule has 5 heteroatoms. The van der Waals surface area contributed by atoms with Crippen LogP contribution >= 0.6 is 0 Å². The quantitative estimate of drug-likeness (QED) is 0.297. The van der Waals surface area contributed by atoms with Crippen LogP contribution in [0.5, 0.6) is 0 Å². The van der Waals surface area contributed by atoms with Crippen molar-refractivity contribution in [3.63, 3.8) is 0 Å². The summed E-state index contributed by atoms with van der Waals surface area (Å²) in [4.78, 5) is 0.219. The molecule has 0 fully saturated rings. The maximum atomic E-state index is 12.0. The highest BCUT2D eigenvalue weighted by molar-refractivity contribution is 7.86. The van der Waals surface area contributed by atoms with Gasteiger partial charge in [0.2, 0.25) is 0 Å². The maximum Gasteiger partial charge on any atom is 0.296 e. The van der Waals surface area contributed by atoms with E-state index in [-0.39, 0.29) is 11.5 Å². The van der Waals surface area contributed by atoms with Gasteiger partial charge in [-0.1, -0.05) is 78.4 Å². The van der Waals surface area contributed by atoms with Crippen LogP contribution in [-0.4, -0.2) is 26.7 Å². The number of aryl methyl sites for hydroxylation is 3. The van der Waals surface area contributed by atoms with E-state index in [0.717, 1.165) is 44.1 Å². The molecular formula is C27H34O4S. The highest BCUT2D eigenvalue weighted by Crippen LogP contribution is 2.14. The van der Waals surface area contributed by atoms with Crippen molar-refractivity contribution < 1.29 is 17.7 Å². The van der Waals surface area contributed by atoms with Crippen LogP contribution in [0.1, 0.15) is 42.4 Å². The molecule has 0 aromatic heterocycles. The summed E-state index contributed by atoms with van der Waals surface area (Å²) in [5.74, 6) is 0. The van der Waals surface area contributed by atoms with Gasteiger partial charge in [0, 0.05) is 6.61 Å². The molecule has 0 spiro atoms. The average molecular weight is 455 g/mol. The summed E-state index contributed by atoms with van der Waals surface area (Å²) >= 11 is 0. The first-order valence-electron chi connectivity index (χ1n) is 11.2. The highest BCUT2D eigenvalue weighted by atomic mass is 32.2. The Labute approximate surface area is 193 Å². The Morgan fingerprint density at radius 3 is 1.69 bits per heavy atom. The van der Waals surface area contributed by atoms with Crippen LogP contribution in [0, 0.1) is 6.92 Å². The minimum atomic E-state index is -3.62. The molecule has 0 saturated carbocycles. The SMILES string of the molecule is Cc1ccc(S(=O)(=O)OCCCCc2ccccc2)cc1.OCCCCc1ccccc1. The number of hydrogen-bond acceptors (Lipinski definition) is 4. The van der Waals surface area contributed by atoms with Gasteiger partial charge in [0.1, 0.15) is 0 Å². The zero-order valence-corrected chi connectivity index (χ0v) is 19.6. The predicted octanol–water partition coefficient (Wildman–Crippen LogP) is 5.72. The summed E-state index contributed by atoms with van der Waals surface area (Å²) in [5.41, 5.74) is 3.65. The van der Waals surface area contributed by atoms with Crippen LogP contribution in [0.25, 0.3) is 0 Å². The molecule has 4 nitrogen and oxygen atoms in total. The van der Waals surface area contributed by atoms with E-state index >= 15 is 0 Å². The van der Waals surface area contributed by atoms with Gasteiger partial charge >= 0.3 is 0 Å².